The molecular formula is C27H23ClN2O6. The lowest BCUT2D eigenvalue weighted by molar-refractivity contribution is -0.122. The van der Waals surface area contributed by atoms with E-state index in [9.17, 15) is 14.4 Å². The Morgan fingerprint density at radius 1 is 1.03 bits per heavy atom. The van der Waals surface area contributed by atoms with Crippen LogP contribution >= 0.6 is 11.6 Å². The summed E-state index contributed by atoms with van der Waals surface area (Å²) in [7, 11) is 0. The van der Waals surface area contributed by atoms with Gasteiger partial charge >= 0.3 is 0 Å². The molecule has 36 heavy (non-hydrogen) atoms. The van der Waals surface area contributed by atoms with Crippen molar-refractivity contribution in [2.45, 2.75) is 25.9 Å². The van der Waals surface area contributed by atoms with E-state index in [4.69, 9.17) is 25.8 Å². The number of anilines is 1. The van der Waals surface area contributed by atoms with Crippen LogP contribution in [0.25, 0.3) is 0 Å². The number of ether oxygens (including phenoxy) is 3. The molecule has 9 heteroatoms. The molecule has 1 atom stereocenters. The van der Waals surface area contributed by atoms with Gasteiger partial charge in [-0.15, -0.1) is 0 Å². The average molecular weight is 507 g/mol. The van der Waals surface area contributed by atoms with Crippen molar-refractivity contribution in [2.75, 3.05) is 18.3 Å². The first-order valence-electron chi connectivity index (χ1n) is 11.5. The fraction of sp³-hybridized carbons (Fsp3) is 0.222. The van der Waals surface area contributed by atoms with E-state index < -0.39 is 11.9 Å². The van der Waals surface area contributed by atoms with Crippen LogP contribution in [-0.2, 0) is 16.1 Å². The minimum absolute atomic E-state index is 0.0961. The molecule has 3 aromatic rings. The van der Waals surface area contributed by atoms with E-state index in [2.05, 4.69) is 0 Å². The second kappa shape index (κ2) is 9.91. The Labute approximate surface area is 212 Å². The zero-order chi connectivity index (χ0) is 25.2. The lowest BCUT2D eigenvalue weighted by atomic mass is 10.1. The fourth-order valence-electron chi connectivity index (χ4n) is 4.31. The minimum atomic E-state index is -0.974. The van der Waals surface area contributed by atoms with Gasteiger partial charge in [0.25, 0.3) is 11.8 Å². The Morgan fingerprint density at radius 2 is 1.75 bits per heavy atom. The summed E-state index contributed by atoms with van der Waals surface area (Å²) < 4.78 is 16.3. The second-order valence-corrected chi connectivity index (χ2v) is 8.78. The van der Waals surface area contributed by atoms with Crippen molar-refractivity contribution in [3.05, 3.63) is 82.9 Å². The summed E-state index contributed by atoms with van der Waals surface area (Å²) in [5.74, 6) is 0.587. The third-order valence-corrected chi connectivity index (χ3v) is 6.30. The molecule has 0 spiro atoms. The molecule has 2 heterocycles. The first-order chi connectivity index (χ1) is 17.4. The molecule has 0 aromatic heterocycles. The highest BCUT2D eigenvalue weighted by atomic mass is 35.5. The molecule has 1 fully saturated rings. The van der Waals surface area contributed by atoms with Crippen LogP contribution in [-0.4, -0.2) is 42.1 Å². The predicted octanol–water partition coefficient (Wildman–Crippen LogP) is 4.44. The van der Waals surface area contributed by atoms with E-state index >= 15 is 0 Å². The average Bonchev–Trinajstić information content (AvgIpc) is 3.46. The van der Waals surface area contributed by atoms with Gasteiger partial charge in [0.2, 0.25) is 12.7 Å². The van der Waals surface area contributed by atoms with E-state index in [1.807, 2.05) is 6.92 Å². The number of nitrogens with zero attached hydrogens (tertiary/aromatic N) is 2. The van der Waals surface area contributed by atoms with Gasteiger partial charge in [-0.1, -0.05) is 17.7 Å². The van der Waals surface area contributed by atoms with Gasteiger partial charge in [0, 0.05) is 17.1 Å². The molecule has 5 rings (SSSR count). The van der Waals surface area contributed by atoms with Crippen molar-refractivity contribution in [2.24, 2.45) is 0 Å². The third kappa shape index (κ3) is 4.59. The molecular weight excluding hydrogens is 484 g/mol. The van der Waals surface area contributed by atoms with E-state index in [0.29, 0.717) is 40.1 Å². The molecule has 0 N–H and O–H groups in total. The number of carbonyl (C=O) groups is 3. The molecule has 184 valence electrons. The Balaban J connectivity index is 1.46. The molecule has 1 unspecified atom stereocenters. The first-order valence-corrected chi connectivity index (χ1v) is 11.9. The SMILES string of the molecule is CCOc1ccc(N2C(=O)CC(N(Cc3ccc4c(c3)OCO4)C(=O)c3ccc(Cl)cc3)C2=O)cc1. The van der Waals surface area contributed by atoms with Gasteiger partial charge in [0.1, 0.15) is 11.8 Å². The summed E-state index contributed by atoms with van der Waals surface area (Å²) in [5.41, 5.74) is 1.53. The van der Waals surface area contributed by atoms with Crippen LogP contribution < -0.4 is 19.1 Å². The number of rotatable bonds is 7. The van der Waals surface area contributed by atoms with Crippen LogP contribution in [0.15, 0.2) is 66.7 Å². The van der Waals surface area contributed by atoms with E-state index in [0.717, 1.165) is 10.5 Å². The molecule has 8 nitrogen and oxygen atoms in total. The van der Waals surface area contributed by atoms with Crippen LogP contribution in [0, 0.1) is 0 Å². The Kier molecular flexibility index (Phi) is 6.52. The first kappa shape index (κ1) is 23.7. The number of fused-ring (bicyclic) bond motifs is 1. The number of benzene rings is 3. The largest absolute Gasteiger partial charge is 0.494 e. The monoisotopic (exact) mass is 506 g/mol. The zero-order valence-corrected chi connectivity index (χ0v) is 20.2. The van der Waals surface area contributed by atoms with Crippen LogP contribution in [0.5, 0.6) is 17.2 Å². The van der Waals surface area contributed by atoms with E-state index in [-0.39, 0.29) is 31.6 Å². The molecule has 1 saturated heterocycles. The van der Waals surface area contributed by atoms with Gasteiger partial charge in [-0.3, -0.25) is 14.4 Å². The summed E-state index contributed by atoms with van der Waals surface area (Å²) in [6, 6.07) is 17.5. The topological polar surface area (TPSA) is 85.4 Å². The summed E-state index contributed by atoms with van der Waals surface area (Å²) in [6.07, 6.45) is -0.129. The zero-order valence-electron chi connectivity index (χ0n) is 19.5. The maximum Gasteiger partial charge on any atom is 0.257 e. The van der Waals surface area contributed by atoms with Gasteiger partial charge in [0.15, 0.2) is 11.5 Å². The van der Waals surface area contributed by atoms with E-state index in [1.165, 1.54) is 4.90 Å². The lowest BCUT2D eigenvalue weighted by Gasteiger charge is -2.28. The number of hydrogen-bond donors (Lipinski definition) is 0. The summed E-state index contributed by atoms with van der Waals surface area (Å²) in [6.45, 7) is 2.60. The number of halogens is 1. The van der Waals surface area contributed by atoms with Crippen molar-refractivity contribution >= 4 is 35.0 Å². The smallest absolute Gasteiger partial charge is 0.257 e. The highest BCUT2D eigenvalue weighted by Gasteiger charge is 2.44. The van der Waals surface area contributed by atoms with Gasteiger partial charge in [-0.05, 0) is 73.2 Å². The third-order valence-electron chi connectivity index (χ3n) is 6.05. The molecule has 0 saturated carbocycles. The normalized spacial score (nSPS) is 16.4. The van der Waals surface area contributed by atoms with Gasteiger partial charge < -0.3 is 19.1 Å². The van der Waals surface area contributed by atoms with Crippen LogP contribution in [0.2, 0.25) is 5.02 Å². The van der Waals surface area contributed by atoms with Crippen molar-refractivity contribution in [3.63, 3.8) is 0 Å². The Bertz CT molecular complexity index is 1310. The Morgan fingerprint density at radius 3 is 2.47 bits per heavy atom. The van der Waals surface area contributed by atoms with Crippen molar-refractivity contribution in [1.82, 2.24) is 4.90 Å². The Hall–Kier alpha value is -4.04. The van der Waals surface area contributed by atoms with Crippen LogP contribution in [0.1, 0.15) is 29.3 Å². The summed E-state index contributed by atoms with van der Waals surface area (Å²) in [4.78, 5) is 42.7. The second-order valence-electron chi connectivity index (χ2n) is 8.34. The van der Waals surface area contributed by atoms with E-state index in [1.54, 1.807) is 66.7 Å². The highest BCUT2D eigenvalue weighted by molar-refractivity contribution is 6.30. The molecule has 3 aromatic carbocycles. The highest BCUT2D eigenvalue weighted by Crippen LogP contribution is 2.34. The van der Waals surface area contributed by atoms with Gasteiger partial charge in [-0.25, -0.2) is 4.90 Å². The van der Waals surface area contributed by atoms with Crippen molar-refractivity contribution in [3.8, 4) is 17.2 Å². The fourth-order valence-corrected chi connectivity index (χ4v) is 4.43. The number of imide groups is 1. The van der Waals surface area contributed by atoms with Crippen LogP contribution in [0.4, 0.5) is 5.69 Å². The summed E-state index contributed by atoms with van der Waals surface area (Å²) in [5, 5.41) is 0.489. The number of amides is 3. The van der Waals surface area contributed by atoms with Crippen molar-refractivity contribution < 1.29 is 28.6 Å². The summed E-state index contributed by atoms with van der Waals surface area (Å²) >= 11 is 6.00. The maximum absolute atomic E-state index is 13.6. The van der Waals surface area contributed by atoms with Crippen molar-refractivity contribution in [1.29, 1.82) is 0 Å². The minimum Gasteiger partial charge on any atom is -0.494 e. The number of hydrogen-bond acceptors (Lipinski definition) is 6. The maximum atomic E-state index is 13.6. The molecule has 3 amide bonds. The number of carbonyl (C=O) groups excluding carboxylic acids is 3. The molecule has 0 aliphatic carbocycles. The van der Waals surface area contributed by atoms with Gasteiger partial charge in [-0.2, -0.15) is 0 Å². The van der Waals surface area contributed by atoms with Crippen LogP contribution in [0.3, 0.4) is 0 Å². The molecule has 0 bridgehead atoms. The van der Waals surface area contributed by atoms with Gasteiger partial charge in [0.05, 0.1) is 18.7 Å². The molecule has 0 radical (unpaired) electrons. The molecule has 2 aliphatic heterocycles. The quantitative estimate of drug-likeness (QED) is 0.440. The predicted molar refractivity (Wildman–Crippen MR) is 132 cm³/mol. The lowest BCUT2D eigenvalue weighted by Crippen LogP contribution is -2.45. The standard InChI is InChI=1S/C27H23ClN2O6/c1-2-34-21-10-8-20(9-11-21)30-25(31)14-22(27(30)33)29(26(32)18-4-6-19(28)7-5-18)15-17-3-12-23-24(13-17)36-16-35-23/h3-13,22H,2,14-16H2,1H3. The molecule has 2 aliphatic rings.